The quantitative estimate of drug-likeness (QED) is 0.456. The Balaban J connectivity index is 2.30. The Morgan fingerprint density at radius 1 is 1.17 bits per heavy atom. The maximum Gasteiger partial charge on any atom is 0.173 e. The molecule has 1 aliphatic carbocycles. The van der Waals surface area contributed by atoms with Crippen molar-refractivity contribution in [2.45, 2.75) is 5.66 Å². The first-order valence-corrected chi connectivity index (χ1v) is 5.41. The van der Waals surface area contributed by atoms with Gasteiger partial charge in [-0.3, -0.25) is 4.79 Å². The summed E-state index contributed by atoms with van der Waals surface area (Å²) < 4.78 is 0. The van der Waals surface area contributed by atoms with Crippen LogP contribution >= 0.6 is 0 Å². The van der Waals surface area contributed by atoms with Crippen molar-refractivity contribution >= 4 is 5.78 Å². The fourth-order valence-corrected chi connectivity index (χ4v) is 1.88. The molecule has 6 N–H and O–H groups in total. The zero-order chi connectivity index (χ0) is 13.3. The maximum atomic E-state index is 12.2. The molecule has 94 valence electrons. The molecule has 1 aromatic carbocycles. The molecule has 0 aromatic heterocycles. The average molecular weight is 246 g/mol. The maximum absolute atomic E-state index is 12.2. The highest BCUT2D eigenvalue weighted by atomic mass is 16.3. The summed E-state index contributed by atoms with van der Waals surface area (Å²) >= 11 is 0. The third-order valence-corrected chi connectivity index (χ3v) is 2.83. The number of hydrogen-bond donors (Lipinski definition) is 4. The zero-order valence-electron chi connectivity index (χ0n) is 9.58. The monoisotopic (exact) mass is 246 g/mol. The van der Waals surface area contributed by atoms with E-state index in [9.17, 15) is 9.90 Å². The van der Waals surface area contributed by atoms with E-state index in [1.165, 1.54) is 42.5 Å². The van der Waals surface area contributed by atoms with E-state index < -0.39 is 11.6 Å². The summed E-state index contributed by atoms with van der Waals surface area (Å²) in [6, 6.07) is 5.84. The molecule has 1 atom stereocenters. The second-order valence-electron chi connectivity index (χ2n) is 4.32. The van der Waals surface area contributed by atoms with Gasteiger partial charge in [-0.05, 0) is 36.4 Å². The van der Waals surface area contributed by atoms with Crippen molar-refractivity contribution in [1.82, 2.24) is 0 Å². The number of nitrogens with two attached hydrogens (primary N) is 2. The van der Waals surface area contributed by atoms with Gasteiger partial charge in [0, 0.05) is 5.56 Å². The molecule has 5 nitrogen and oxygen atoms in total. The van der Waals surface area contributed by atoms with E-state index in [0.717, 1.165) is 0 Å². The minimum atomic E-state index is -1.42. The molecule has 0 aliphatic heterocycles. The lowest BCUT2D eigenvalue weighted by molar-refractivity contribution is 0.0909. The Kier molecular flexibility index (Phi) is 2.94. The Labute approximate surface area is 104 Å². The van der Waals surface area contributed by atoms with Gasteiger partial charge < -0.3 is 21.7 Å². The summed E-state index contributed by atoms with van der Waals surface area (Å²) in [6.45, 7) is 0. The van der Waals surface area contributed by atoms with E-state index >= 15 is 0 Å². The molecule has 0 fully saturated rings. The van der Waals surface area contributed by atoms with Crippen LogP contribution in [0.1, 0.15) is 10.4 Å². The molecule has 0 saturated heterocycles. The summed E-state index contributed by atoms with van der Waals surface area (Å²) in [5.41, 5.74) is 10.6. The van der Waals surface area contributed by atoms with E-state index in [2.05, 4.69) is 0 Å². The zero-order valence-corrected chi connectivity index (χ0v) is 9.58. The third-order valence-electron chi connectivity index (χ3n) is 2.83. The van der Waals surface area contributed by atoms with E-state index in [1.54, 1.807) is 0 Å². The van der Waals surface area contributed by atoms with Crippen molar-refractivity contribution in [2.75, 3.05) is 0 Å². The first kappa shape index (κ1) is 12.3. The SMILES string of the molecule is NC1(N)C=C(O)C=CC1C(=O)c1ccc(O)cc1. The lowest BCUT2D eigenvalue weighted by Crippen LogP contribution is -2.57. The second kappa shape index (κ2) is 4.29. The Bertz CT molecular complexity index is 530. The lowest BCUT2D eigenvalue weighted by Gasteiger charge is -2.30. The van der Waals surface area contributed by atoms with Crippen molar-refractivity contribution in [3.8, 4) is 5.75 Å². The summed E-state index contributed by atoms with van der Waals surface area (Å²) in [4.78, 5) is 12.2. The number of aliphatic hydroxyl groups is 1. The van der Waals surface area contributed by atoms with Crippen LogP contribution in [0.5, 0.6) is 5.75 Å². The van der Waals surface area contributed by atoms with Crippen LogP contribution in [-0.2, 0) is 0 Å². The number of allylic oxidation sites excluding steroid dienone is 1. The van der Waals surface area contributed by atoms with E-state index in [1.807, 2.05) is 0 Å². The first-order chi connectivity index (χ1) is 8.40. The number of carbonyl (C=O) groups excluding carboxylic acids is 1. The fourth-order valence-electron chi connectivity index (χ4n) is 1.88. The van der Waals surface area contributed by atoms with Gasteiger partial charge in [-0.2, -0.15) is 0 Å². The molecule has 0 heterocycles. The third kappa shape index (κ3) is 2.27. The van der Waals surface area contributed by atoms with Gasteiger partial charge in [0.05, 0.1) is 5.92 Å². The van der Waals surface area contributed by atoms with Crippen LogP contribution in [0.3, 0.4) is 0 Å². The molecule has 2 rings (SSSR count). The van der Waals surface area contributed by atoms with E-state index in [4.69, 9.17) is 16.6 Å². The van der Waals surface area contributed by atoms with Gasteiger partial charge in [0.15, 0.2) is 5.78 Å². The van der Waals surface area contributed by atoms with Gasteiger partial charge in [-0.25, -0.2) is 0 Å². The molecule has 0 bridgehead atoms. The second-order valence-corrected chi connectivity index (χ2v) is 4.32. The summed E-state index contributed by atoms with van der Waals surface area (Å²) in [6.07, 6.45) is 4.11. The van der Waals surface area contributed by atoms with Gasteiger partial charge in [0.2, 0.25) is 0 Å². The number of carbonyl (C=O) groups is 1. The van der Waals surface area contributed by atoms with Crippen LogP contribution in [0.25, 0.3) is 0 Å². The van der Waals surface area contributed by atoms with Crippen molar-refractivity contribution < 1.29 is 15.0 Å². The number of phenolic OH excluding ortho intramolecular Hbond substituents is 1. The number of benzene rings is 1. The highest BCUT2D eigenvalue weighted by Crippen LogP contribution is 2.24. The molecule has 0 saturated carbocycles. The molecule has 0 radical (unpaired) electrons. The molecular weight excluding hydrogens is 232 g/mol. The smallest absolute Gasteiger partial charge is 0.173 e. The minimum absolute atomic E-state index is 0.0604. The number of aromatic hydroxyl groups is 1. The van der Waals surface area contributed by atoms with Gasteiger partial charge in [0.25, 0.3) is 0 Å². The number of Topliss-reactive ketones (excluding diaryl/α,β-unsaturated/α-hetero) is 1. The minimum Gasteiger partial charge on any atom is -0.508 e. The molecular formula is C13H14N2O3. The predicted octanol–water partition coefficient (Wildman–Crippen LogP) is 0.816. The van der Waals surface area contributed by atoms with Gasteiger partial charge in [-0.1, -0.05) is 6.08 Å². The lowest BCUT2D eigenvalue weighted by atomic mass is 9.83. The number of hydrogen-bond acceptors (Lipinski definition) is 5. The number of rotatable bonds is 2. The summed E-state index contributed by atoms with van der Waals surface area (Å²) in [7, 11) is 0. The average Bonchev–Trinajstić information content (AvgIpc) is 2.28. The van der Waals surface area contributed by atoms with Crippen LogP contribution in [0.15, 0.2) is 48.3 Å². The van der Waals surface area contributed by atoms with E-state index in [-0.39, 0.29) is 17.3 Å². The Hall–Kier alpha value is -2.11. The van der Waals surface area contributed by atoms with Crippen molar-refractivity contribution in [1.29, 1.82) is 0 Å². The van der Waals surface area contributed by atoms with Crippen LogP contribution in [0.2, 0.25) is 0 Å². The van der Waals surface area contributed by atoms with Gasteiger partial charge >= 0.3 is 0 Å². The molecule has 0 amide bonds. The molecule has 0 spiro atoms. The normalized spacial score (nSPS) is 21.4. The molecule has 1 aromatic rings. The van der Waals surface area contributed by atoms with Crippen molar-refractivity contribution in [3.05, 3.63) is 53.8 Å². The standard InChI is InChI=1S/C13H14N2O3/c14-13(15)7-10(17)5-6-11(13)12(18)8-1-3-9(16)4-2-8/h1-7,11,16-17H,14-15H2. The summed E-state index contributed by atoms with van der Waals surface area (Å²) in [5.74, 6) is -0.997. The van der Waals surface area contributed by atoms with Crippen LogP contribution in [0.4, 0.5) is 0 Å². The predicted molar refractivity (Wildman–Crippen MR) is 66.9 cm³/mol. The van der Waals surface area contributed by atoms with E-state index in [0.29, 0.717) is 5.56 Å². The first-order valence-electron chi connectivity index (χ1n) is 5.41. The van der Waals surface area contributed by atoms with Gasteiger partial charge in [-0.15, -0.1) is 0 Å². The largest absolute Gasteiger partial charge is 0.508 e. The molecule has 5 heteroatoms. The van der Waals surface area contributed by atoms with Crippen LogP contribution in [-0.4, -0.2) is 21.7 Å². The van der Waals surface area contributed by atoms with Crippen LogP contribution < -0.4 is 11.5 Å². The van der Waals surface area contributed by atoms with Crippen molar-refractivity contribution in [3.63, 3.8) is 0 Å². The topological polar surface area (TPSA) is 110 Å². The fraction of sp³-hybridized carbons (Fsp3) is 0.154. The van der Waals surface area contributed by atoms with Gasteiger partial charge in [0.1, 0.15) is 17.2 Å². The number of ketones is 1. The van der Waals surface area contributed by atoms with Crippen LogP contribution in [0, 0.1) is 5.92 Å². The number of aliphatic hydroxyl groups excluding tert-OH is 1. The highest BCUT2D eigenvalue weighted by Gasteiger charge is 2.35. The molecule has 18 heavy (non-hydrogen) atoms. The number of phenols is 1. The molecule has 1 unspecified atom stereocenters. The Morgan fingerprint density at radius 3 is 2.33 bits per heavy atom. The summed E-state index contributed by atoms with van der Waals surface area (Å²) in [5, 5.41) is 18.5. The highest BCUT2D eigenvalue weighted by molar-refractivity contribution is 6.00. The van der Waals surface area contributed by atoms with Crippen molar-refractivity contribution in [2.24, 2.45) is 17.4 Å². The Morgan fingerprint density at radius 2 is 1.78 bits per heavy atom. The molecule has 1 aliphatic rings.